The molecule has 1 rings (SSSR count). The lowest BCUT2D eigenvalue weighted by Gasteiger charge is -2.09. The molecule has 0 atom stereocenters. The van der Waals surface area contributed by atoms with Gasteiger partial charge in [-0.25, -0.2) is 4.79 Å². The van der Waals surface area contributed by atoms with Gasteiger partial charge in [0.25, 0.3) is 0 Å². The topological polar surface area (TPSA) is 46.5 Å². The largest absolute Gasteiger partial charge is 0.478 e. The van der Waals surface area contributed by atoms with Gasteiger partial charge in [-0.15, -0.1) is 0 Å². The summed E-state index contributed by atoms with van der Waals surface area (Å²) in [6.45, 7) is -1.50. The monoisotopic (exact) mass is 202 g/mol. The molecule has 0 aromatic heterocycles. The SMILES string of the molecule is Cc1cccc(OC(F)F)c1C(=O)O. The molecule has 1 aromatic rings. The fourth-order valence-corrected chi connectivity index (χ4v) is 1.11. The predicted molar refractivity (Wildman–Crippen MR) is 44.8 cm³/mol. The molecule has 76 valence electrons. The molecule has 0 amide bonds. The molecule has 0 aliphatic heterocycles. The summed E-state index contributed by atoms with van der Waals surface area (Å²) in [5.74, 6) is -1.59. The standard InChI is InChI=1S/C9H8F2O3/c1-5-3-2-4-6(14-9(10)11)7(5)8(12)13/h2-4,9H,1H3,(H,12,13). The van der Waals surface area contributed by atoms with Gasteiger partial charge >= 0.3 is 12.6 Å². The number of carbonyl (C=O) groups is 1. The number of halogens is 2. The van der Waals surface area contributed by atoms with Crippen LogP contribution in [0.15, 0.2) is 18.2 Å². The average Bonchev–Trinajstić information content (AvgIpc) is 2.01. The average molecular weight is 202 g/mol. The molecule has 0 bridgehead atoms. The minimum atomic E-state index is -3.02. The zero-order valence-corrected chi connectivity index (χ0v) is 7.33. The smallest absolute Gasteiger partial charge is 0.387 e. The van der Waals surface area contributed by atoms with Crippen molar-refractivity contribution in [2.24, 2.45) is 0 Å². The highest BCUT2D eigenvalue weighted by Crippen LogP contribution is 2.23. The fourth-order valence-electron chi connectivity index (χ4n) is 1.11. The first-order valence-corrected chi connectivity index (χ1v) is 3.80. The summed E-state index contributed by atoms with van der Waals surface area (Å²) in [5.41, 5.74) is 0.156. The van der Waals surface area contributed by atoms with Crippen molar-refractivity contribution in [1.82, 2.24) is 0 Å². The van der Waals surface area contributed by atoms with E-state index < -0.39 is 12.6 Å². The minimum Gasteiger partial charge on any atom is -0.478 e. The molecular formula is C9H8F2O3. The number of hydrogen-bond acceptors (Lipinski definition) is 2. The highest BCUT2D eigenvalue weighted by Gasteiger charge is 2.16. The van der Waals surface area contributed by atoms with E-state index in [1.54, 1.807) is 0 Å². The maximum atomic E-state index is 11.9. The van der Waals surface area contributed by atoms with E-state index in [9.17, 15) is 13.6 Å². The molecule has 0 saturated heterocycles. The van der Waals surface area contributed by atoms with Crippen molar-refractivity contribution in [3.63, 3.8) is 0 Å². The second kappa shape index (κ2) is 4.04. The number of alkyl halides is 2. The third kappa shape index (κ3) is 2.18. The van der Waals surface area contributed by atoms with Crippen molar-refractivity contribution in [2.75, 3.05) is 0 Å². The molecule has 1 N–H and O–H groups in total. The Kier molecular flexibility index (Phi) is 3.01. The Bertz CT molecular complexity index is 350. The number of aryl methyl sites for hydroxylation is 1. The molecule has 0 spiro atoms. The maximum absolute atomic E-state index is 11.9. The summed E-state index contributed by atoms with van der Waals surface area (Å²) < 4.78 is 27.8. The lowest BCUT2D eigenvalue weighted by Crippen LogP contribution is -2.08. The lowest BCUT2D eigenvalue weighted by atomic mass is 10.1. The Morgan fingerprint density at radius 1 is 1.50 bits per heavy atom. The van der Waals surface area contributed by atoms with Gasteiger partial charge < -0.3 is 9.84 Å². The van der Waals surface area contributed by atoms with E-state index in [1.807, 2.05) is 0 Å². The van der Waals surface area contributed by atoms with E-state index >= 15 is 0 Å². The van der Waals surface area contributed by atoms with Crippen molar-refractivity contribution in [1.29, 1.82) is 0 Å². The Balaban J connectivity index is 3.14. The number of benzene rings is 1. The third-order valence-corrected chi connectivity index (χ3v) is 1.66. The molecule has 14 heavy (non-hydrogen) atoms. The Morgan fingerprint density at radius 2 is 2.14 bits per heavy atom. The minimum absolute atomic E-state index is 0.229. The van der Waals surface area contributed by atoms with E-state index in [-0.39, 0.29) is 11.3 Å². The number of carboxylic acids is 1. The molecule has 0 aliphatic rings. The van der Waals surface area contributed by atoms with Crippen LogP contribution in [0.5, 0.6) is 5.75 Å². The maximum Gasteiger partial charge on any atom is 0.387 e. The summed E-state index contributed by atoms with van der Waals surface area (Å²) in [6, 6.07) is 4.17. The number of aromatic carboxylic acids is 1. The second-order valence-corrected chi connectivity index (χ2v) is 2.63. The summed E-state index contributed by atoms with van der Waals surface area (Å²) in [5, 5.41) is 8.73. The van der Waals surface area contributed by atoms with Crippen LogP contribution in [0.3, 0.4) is 0 Å². The van der Waals surface area contributed by atoms with Gasteiger partial charge in [-0.1, -0.05) is 12.1 Å². The molecule has 0 radical (unpaired) electrons. The molecule has 0 unspecified atom stereocenters. The van der Waals surface area contributed by atoms with Crippen molar-refractivity contribution in [3.05, 3.63) is 29.3 Å². The first-order chi connectivity index (χ1) is 6.52. The van der Waals surface area contributed by atoms with Gasteiger partial charge in [0.1, 0.15) is 11.3 Å². The Morgan fingerprint density at radius 3 is 2.64 bits per heavy atom. The molecule has 0 fully saturated rings. The number of ether oxygens (including phenoxy) is 1. The first kappa shape index (κ1) is 10.4. The Labute approximate surface area is 78.9 Å². The highest BCUT2D eigenvalue weighted by atomic mass is 19.3. The van der Waals surface area contributed by atoms with Gasteiger partial charge in [0, 0.05) is 0 Å². The van der Waals surface area contributed by atoms with Crippen LogP contribution >= 0.6 is 0 Å². The number of carboxylic acid groups (broad SMARTS) is 1. The molecule has 0 heterocycles. The molecular weight excluding hydrogens is 194 g/mol. The normalized spacial score (nSPS) is 10.3. The number of hydrogen-bond donors (Lipinski definition) is 1. The predicted octanol–water partition coefficient (Wildman–Crippen LogP) is 2.29. The van der Waals surface area contributed by atoms with Crippen LogP contribution in [0.2, 0.25) is 0 Å². The first-order valence-electron chi connectivity index (χ1n) is 3.80. The van der Waals surface area contributed by atoms with Gasteiger partial charge in [0.05, 0.1) is 0 Å². The summed E-state index contributed by atoms with van der Waals surface area (Å²) in [7, 11) is 0. The fraction of sp³-hybridized carbons (Fsp3) is 0.222. The van der Waals surface area contributed by atoms with Crippen LogP contribution in [0, 0.1) is 6.92 Å². The zero-order valence-electron chi connectivity index (χ0n) is 7.33. The van der Waals surface area contributed by atoms with Crippen LogP contribution in [0.4, 0.5) is 8.78 Å². The molecule has 1 aromatic carbocycles. The summed E-state index contributed by atoms with van der Waals surface area (Å²) in [4.78, 5) is 10.7. The zero-order chi connectivity index (χ0) is 10.7. The van der Waals surface area contributed by atoms with E-state index in [0.29, 0.717) is 5.56 Å². The Hall–Kier alpha value is -1.65. The molecule has 0 aliphatic carbocycles. The van der Waals surface area contributed by atoms with E-state index in [4.69, 9.17) is 5.11 Å². The van der Waals surface area contributed by atoms with Crippen LogP contribution in [0.25, 0.3) is 0 Å². The van der Waals surface area contributed by atoms with Crippen molar-refractivity contribution < 1.29 is 23.4 Å². The molecule has 3 nitrogen and oxygen atoms in total. The molecule has 0 saturated carbocycles. The van der Waals surface area contributed by atoms with Gasteiger partial charge in [-0.3, -0.25) is 0 Å². The quantitative estimate of drug-likeness (QED) is 0.817. The van der Waals surface area contributed by atoms with Crippen LogP contribution in [-0.4, -0.2) is 17.7 Å². The molecule has 5 heteroatoms. The van der Waals surface area contributed by atoms with Crippen molar-refractivity contribution in [2.45, 2.75) is 13.5 Å². The van der Waals surface area contributed by atoms with Crippen molar-refractivity contribution >= 4 is 5.97 Å². The third-order valence-electron chi connectivity index (χ3n) is 1.66. The lowest BCUT2D eigenvalue weighted by molar-refractivity contribution is -0.0503. The van der Waals surface area contributed by atoms with Gasteiger partial charge in [0.2, 0.25) is 0 Å². The van der Waals surface area contributed by atoms with Crippen LogP contribution < -0.4 is 4.74 Å². The van der Waals surface area contributed by atoms with Crippen LogP contribution in [-0.2, 0) is 0 Å². The summed E-state index contributed by atoms with van der Waals surface area (Å²) >= 11 is 0. The van der Waals surface area contributed by atoms with E-state index in [2.05, 4.69) is 4.74 Å². The van der Waals surface area contributed by atoms with Gasteiger partial charge in [-0.05, 0) is 18.6 Å². The van der Waals surface area contributed by atoms with Gasteiger partial charge in [0.15, 0.2) is 0 Å². The van der Waals surface area contributed by atoms with E-state index in [0.717, 1.165) is 0 Å². The summed E-state index contributed by atoms with van der Waals surface area (Å²) in [6.07, 6.45) is 0. The second-order valence-electron chi connectivity index (χ2n) is 2.63. The number of rotatable bonds is 3. The van der Waals surface area contributed by atoms with Crippen LogP contribution in [0.1, 0.15) is 15.9 Å². The van der Waals surface area contributed by atoms with E-state index in [1.165, 1.54) is 25.1 Å². The highest BCUT2D eigenvalue weighted by molar-refractivity contribution is 5.92. The van der Waals surface area contributed by atoms with Crippen molar-refractivity contribution in [3.8, 4) is 5.75 Å². The van der Waals surface area contributed by atoms with Gasteiger partial charge in [-0.2, -0.15) is 8.78 Å².